The highest BCUT2D eigenvalue weighted by Gasteiger charge is 2.05. The van der Waals surface area contributed by atoms with Crippen molar-refractivity contribution in [2.45, 2.75) is 33.1 Å². The first kappa shape index (κ1) is 13.7. The largest absolute Gasteiger partial charge is 0.302 e. The van der Waals surface area contributed by atoms with E-state index in [9.17, 15) is 4.79 Å². The lowest BCUT2D eigenvalue weighted by Crippen LogP contribution is -2.11. The molecule has 2 aromatic rings. The smallest absolute Gasteiger partial charge is 0.226 e. The van der Waals surface area contributed by atoms with Crippen molar-refractivity contribution in [1.29, 1.82) is 0 Å². The highest BCUT2D eigenvalue weighted by Crippen LogP contribution is 2.17. The van der Waals surface area contributed by atoms with Gasteiger partial charge in [-0.25, -0.2) is 4.98 Å². The number of anilines is 1. The number of carbonyl (C=O) groups is 1. The van der Waals surface area contributed by atoms with E-state index in [0.29, 0.717) is 11.6 Å². The molecule has 0 aliphatic heterocycles. The van der Waals surface area contributed by atoms with Crippen LogP contribution in [0.5, 0.6) is 0 Å². The number of aromatic nitrogens is 1. The molecule has 0 saturated heterocycles. The van der Waals surface area contributed by atoms with Crippen LogP contribution in [0.2, 0.25) is 0 Å². The minimum Gasteiger partial charge on any atom is -0.302 e. The Morgan fingerprint density at radius 2 is 2.00 bits per heavy atom. The van der Waals surface area contributed by atoms with Crippen LogP contribution in [-0.4, -0.2) is 10.9 Å². The predicted molar refractivity (Wildman–Crippen MR) is 79.6 cm³/mol. The molecule has 0 spiro atoms. The molecule has 1 aromatic carbocycles. The summed E-state index contributed by atoms with van der Waals surface area (Å²) in [6.07, 6.45) is 4.10. The van der Waals surface area contributed by atoms with Crippen LogP contribution in [0.1, 0.15) is 28.8 Å². The standard InChI is InChI=1S/C15H18N2OS/c1-11-6-8-13(9-7-11)4-3-5-14(18)17-15-16-10-12(2)19-15/h6-10H,3-5H2,1-2H3,(H,16,17,18). The minimum absolute atomic E-state index is 0.0430. The summed E-state index contributed by atoms with van der Waals surface area (Å²) in [6, 6.07) is 8.45. The topological polar surface area (TPSA) is 42.0 Å². The van der Waals surface area contributed by atoms with Gasteiger partial charge in [-0.1, -0.05) is 29.8 Å². The van der Waals surface area contributed by atoms with Gasteiger partial charge in [0.25, 0.3) is 0 Å². The van der Waals surface area contributed by atoms with E-state index >= 15 is 0 Å². The zero-order valence-corrected chi connectivity index (χ0v) is 12.1. The number of nitrogens with zero attached hydrogens (tertiary/aromatic N) is 1. The molecule has 2 rings (SSSR count). The molecule has 0 aliphatic rings. The number of thiazole rings is 1. The number of hydrogen-bond donors (Lipinski definition) is 1. The molecule has 1 aromatic heterocycles. The lowest BCUT2D eigenvalue weighted by atomic mass is 10.1. The zero-order valence-electron chi connectivity index (χ0n) is 11.3. The van der Waals surface area contributed by atoms with Gasteiger partial charge < -0.3 is 5.32 Å². The highest BCUT2D eigenvalue weighted by atomic mass is 32.1. The molecule has 100 valence electrons. The SMILES string of the molecule is Cc1ccc(CCCC(=O)Nc2ncc(C)s2)cc1. The number of benzene rings is 1. The van der Waals surface area contributed by atoms with Crippen molar-refractivity contribution in [3.8, 4) is 0 Å². The quantitative estimate of drug-likeness (QED) is 0.903. The summed E-state index contributed by atoms with van der Waals surface area (Å²) in [5.41, 5.74) is 2.55. The first-order chi connectivity index (χ1) is 9.13. The van der Waals surface area contributed by atoms with Crippen LogP contribution in [0, 0.1) is 13.8 Å². The van der Waals surface area contributed by atoms with Gasteiger partial charge in [0, 0.05) is 17.5 Å². The highest BCUT2D eigenvalue weighted by molar-refractivity contribution is 7.15. The van der Waals surface area contributed by atoms with Crippen molar-refractivity contribution in [2.75, 3.05) is 5.32 Å². The molecule has 4 heteroatoms. The van der Waals surface area contributed by atoms with Crippen molar-refractivity contribution in [3.05, 3.63) is 46.5 Å². The van der Waals surface area contributed by atoms with E-state index in [4.69, 9.17) is 0 Å². The van der Waals surface area contributed by atoms with Gasteiger partial charge in [0.05, 0.1) is 0 Å². The van der Waals surface area contributed by atoms with E-state index in [1.165, 1.54) is 22.5 Å². The Morgan fingerprint density at radius 1 is 1.26 bits per heavy atom. The second-order valence-electron chi connectivity index (χ2n) is 4.66. The molecule has 3 nitrogen and oxygen atoms in total. The number of rotatable bonds is 5. The van der Waals surface area contributed by atoms with Crippen LogP contribution < -0.4 is 5.32 Å². The molecule has 0 bridgehead atoms. The van der Waals surface area contributed by atoms with E-state index in [0.717, 1.165) is 17.7 Å². The lowest BCUT2D eigenvalue weighted by Gasteiger charge is -2.03. The fraction of sp³-hybridized carbons (Fsp3) is 0.333. The molecule has 1 N–H and O–H groups in total. The van der Waals surface area contributed by atoms with Gasteiger partial charge in [-0.15, -0.1) is 11.3 Å². The lowest BCUT2D eigenvalue weighted by molar-refractivity contribution is -0.116. The van der Waals surface area contributed by atoms with Crippen molar-refractivity contribution in [1.82, 2.24) is 4.98 Å². The van der Waals surface area contributed by atoms with Gasteiger partial charge in [-0.3, -0.25) is 4.79 Å². The molecule has 0 atom stereocenters. The first-order valence-corrected chi connectivity index (χ1v) is 7.23. The summed E-state index contributed by atoms with van der Waals surface area (Å²) >= 11 is 1.50. The second kappa shape index (κ2) is 6.48. The normalized spacial score (nSPS) is 10.4. The number of hydrogen-bond acceptors (Lipinski definition) is 3. The van der Waals surface area contributed by atoms with E-state index in [1.54, 1.807) is 6.20 Å². The Bertz CT molecular complexity index is 546. The van der Waals surface area contributed by atoms with Crippen LogP contribution >= 0.6 is 11.3 Å². The van der Waals surface area contributed by atoms with E-state index < -0.39 is 0 Å². The van der Waals surface area contributed by atoms with Crippen LogP contribution in [0.25, 0.3) is 0 Å². The third-order valence-corrected chi connectivity index (χ3v) is 3.69. The van der Waals surface area contributed by atoms with Gasteiger partial charge in [-0.2, -0.15) is 0 Å². The van der Waals surface area contributed by atoms with E-state index in [-0.39, 0.29) is 5.91 Å². The van der Waals surface area contributed by atoms with Crippen molar-refractivity contribution >= 4 is 22.4 Å². The Labute approximate surface area is 117 Å². The van der Waals surface area contributed by atoms with Gasteiger partial charge in [0.15, 0.2) is 5.13 Å². The van der Waals surface area contributed by atoms with Crippen LogP contribution in [0.3, 0.4) is 0 Å². The number of aryl methyl sites for hydroxylation is 3. The second-order valence-corrected chi connectivity index (χ2v) is 5.90. The summed E-state index contributed by atoms with van der Waals surface area (Å²) in [5, 5.41) is 3.52. The Kier molecular flexibility index (Phi) is 4.68. The van der Waals surface area contributed by atoms with Crippen molar-refractivity contribution < 1.29 is 4.79 Å². The Balaban J connectivity index is 1.73. The minimum atomic E-state index is 0.0430. The fourth-order valence-corrected chi connectivity index (χ4v) is 2.48. The average molecular weight is 274 g/mol. The molecule has 0 radical (unpaired) electrons. The molecule has 0 fully saturated rings. The van der Waals surface area contributed by atoms with Crippen LogP contribution in [0.15, 0.2) is 30.5 Å². The molecule has 1 amide bonds. The maximum absolute atomic E-state index is 11.7. The summed E-state index contributed by atoms with van der Waals surface area (Å²) in [7, 11) is 0. The first-order valence-electron chi connectivity index (χ1n) is 6.41. The number of carbonyl (C=O) groups excluding carboxylic acids is 1. The van der Waals surface area contributed by atoms with Gasteiger partial charge in [0.1, 0.15) is 0 Å². The molecule has 0 aliphatic carbocycles. The summed E-state index contributed by atoms with van der Waals surface area (Å²) < 4.78 is 0. The van der Waals surface area contributed by atoms with Crippen molar-refractivity contribution in [2.24, 2.45) is 0 Å². The third kappa shape index (κ3) is 4.48. The van der Waals surface area contributed by atoms with Crippen LogP contribution in [-0.2, 0) is 11.2 Å². The van der Waals surface area contributed by atoms with Gasteiger partial charge in [-0.05, 0) is 32.3 Å². The van der Waals surface area contributed by atoms with Gasteiger partial charge in [0.2, 0.25) is 5.91 Å². The number of amides is 1. The third-order valence-electron chi connectivity index (χ3n) is 2.86. The summed E-state index contributed by atoms with van der Waals surface area (Å²) in [6.45, 7) is 4.05. The Morgan fingerprint density at radius 3 is 2.63 bits per heavy atom. The van der Waals surface area contributed by atoms with Crippen molar-refractivity contribution in [3.63, 3.8) is 0 Å². The van der Waals surface area contributed by atoms with Gasteiger partial charge >= 0.3 is 0 Å². The van der Waals surface area contributed by atoms with Crippen LogP contribution in [0.4, 0.5) is 5.13 Å². The maximum Gasteiger partial charge on any atom is 0.226 e. The summed E-state index contributed by atoms with van der Waals surface area (Å²) in [5.74, 6) is 0.0430. The zero-order chi connectivity index (χ0) is 13.7. The predicted octanol–water partition coefficient (Wildman–Crippen LogP) is 3.72. The fourth-order valence-electron chi connectivity index (χ4n) is 1.80. The molecular weight excluding hydrogens is 256 g/mol. The van der Waals surface area contributed by atoms with E-state index in [1.807, 2.05) is 6.92 Å². The van der Waals surface area contributed by atoms with E-state index in [2.05, 4.69) is 41.5 Å². The molecule has 0 unspecified atom stereocenters. The maximum atomic E-state index is 11.7. The molecular formula is C15H18N2OS. The number of nitrogens with one attached hydrogen (secondary N) is 1. The molecule has 19 heavy (non-hydrogen) atoms. The monoisotopic (exact) mass is 274 g/mol. The molecule has 0 saturated carbocycles. The molecule has 1 heterocycles. The summed E-state index contributed by atoms with van der Waals surface area (Å²) in [4.78, 5) is 16.9. The average Bonchev–Trinajstić information content (AvgIpc) is 2.77. The Hall–Kier alpha value is -1.68.